The molecule has 1 aromatic carbocycles. The quantitative estimate of drug-likeness (QED) is 0.302. The van der Waals surface area contributed by atoms with Crippen molar-refractivity contribution in [2.24, 2.45) is 4.99 Å². The summed E-state index contributed by atoms with van der Waals surface area (Å²) in [6.07, 6.45) is 2.30. The number of halogens is 1. The maximum absolute atomic E-state index is 12.0. The van der Waals surface area contributed by atoms with Gasteiger partial charge >= 0.3 is 0 Å². The Morgan fingerprint density at radius 2 is 1.96 bits per heavy atom. The molecule has 23 heavy (non-hydrogen) atoms. The van der Waals surface area contributed by atoms with Gasteiger partial charge in [-0.25, -0.2) is 0 Å². The van der Waals surface area contributed by atoms with E-state index >= 15 is 0 Å². The average Bonchev–Trinajstić information content (AvgIpc) is 2.52. The fraction of sp³-hybridized carbons (Fsp3) is 0.529. The number of amides is 1. The number of benzene rings is 1. The Hall–Kier alpha value is -1.31. The Labute approximate surface area is 157 Å². The van der Waals surface area contributed by atoms with Crippen LogP contribution in [-0.4, -0.2) is 50.5 Å². The smallest absolute Gasteiger partial charge is 0.251 e. The second-order valence-corrected chi connectivity index (χ2v) is 5.37. The fourth-order valence-corrected chi connectivity index (χ4v) is 2.12. The van der Waals surface area contributed by atoms with Gasteiger partial charge in [-0.05, 0) is 25.5 Å². The van der Waals surface area contributed by atoms with Gasteiger partial charge in [0.2, 0.25) is 0 Å². The Kier molecular flexibility index (Phi) is 11.5. The van der Waals surface area contributed by atoms with Gasteiger partial charge in [-0.1, -0.05) is 31.0 Å². The average molecular weight is 432 g/mol. The summed E-state index contributed by atoms with van der Waals surface area (Å²) in [5.41, 5.74) is 1.79. The van der Waals surface area contributed by atoms with E-state index in [4.69, 9.17) is 0 Å². The second kappa shape index (κ2) is 12.2. The van der Waals surface area contributed by atoms with Crippen molar-refractivity contribution < 1.29 is 4.79 Å². The van der Waals surface area contributed by atoms with Crippen molar-refractivity contribution in [1.82, 2.24) is 15.5 Å². The van der Waals surface area contributed by atoms with E-state index in [1.165, 1.54) is 0 Å². The first-order valence-corrected chi connectivity index (χ1v) is 7.85. The molecule has 0 aliphatic rings. The standard InChI is InChI=1S/C17H28N4O.HI/c1-5-6-12-21(4)17(18-3)20-11-10-19-16(22)15-9-7-8-14(2)13-15;/h7-9,13H,5-6,10-12H2,1-4H3,(H,18,20)(H,19,22);1H. The number of aryl methyl sites for hydroxylation is 1. The van der Waals surface area contributed by atoms with Crippen LogP contribution in [-0.2, 0) is 0 Å². The minimum absolute atomic E-state index is 0. The molecule has 0 bridgehead atoms. The van der Waals surface area contributed by atoms with Crippen LogP contribution in [0.3, 0.4) is 0 Å². The van der Waals surface area contributed by atoms with E-state index < -0.39 is 0 Å². The maximum Gasteiger partial charge on any atom is 0.251 e. The van der Waals surface area contributed by atoms with Crippen LogP contribution >= 0.6 is 24.0 Å². The number of hydrogen-bond acceptors (Lipinski definition) is 2. The maximum atomic E-state index is 12.0. The summed E-state index contributed by atoms with van der Waals surface area (Å²) >= 11 is 0. The fourth-order valence-electron chi connectivity index (χ4n) is 2.12. The van der Waals surface area contributed by atoms with Crippen molar-refractivity contribution in [3.05, 3.63) is 35.4 Å². The van der Waals surface area contributed by atoms with E-state index in [-0.39, 0.29) is 29.9 Å². The van der Waals surface area contributed by atoms with Crippen LogP contribution in [0.15, 0.2) is 29.3 Å². The summed E-state index contributed by atoms with van der Waals surface area (Å²) in [5, 5.41) is 6.17. The Morgan fingerprint density at radius 3 is 2.57 bits per heavy atom. The highest BCUT2D eigenvalue weighted by molar-refractivity contribution is 14.0. The largest absolute Gasteiger partial charge is 0.354 e. The van der Waals surface area contributed by atoms with E-state index in [1.807, 2.05) is 38.2 Å². The lowest BCUT2D eigenvalue weighted by Crippen LogP contribution is -2.42. The van der Waals surface area contributed by atoms with Crippen molar-refractivity contribution in [2.75, 3.05) is 33.7 Å². The minimum Gasteiger partial charge on any atom is -0.354 e. The van der Waals surface area contributed by atoms with Gasteiger partial charge in [-0.15, -0.1) is 24.0 Å². The zero-order valence-electron chi connectivity index (χ0n) is 14.6. The Balaban J connectivity index is 0.00000484. The lowest BCUT2D eigenvalue weighted by atomic mass is 10.1. The highest BCUT2D eigenvalue weighted by Crippen LogP contribution is 2.03. The number of aliphatic imine (C=N–C) groups is 1. The van der Waals surface area contributed by atoms with E-state index in [0.29, 0.717) is 18.7 Å². The third kappa shape index (κ3) is 8.20. The van der Waals surface area contributed by atoms with Gasteiger partial charge < -0.3 is 15.5 Å². The number of carbonyl (C=O) groups is 1. The third-order valence-corrected chi connectivity index (χ3v) is 3.39. The molecule has 0 aliphatic carbocycles. The van der Waals surface area contributed by atoms with Crippen LogP contribution in [0.1, 0.15) is 35.7 Å². The number of guanidine groups is 1. The van der Waals surface area contributed by atoms with Gasteiger partial charge in [0.05, 0.1) is 0 Å². The Bertz CT molecular complexity index is 505. The highest BCUT2D eigenvalue weighted by Gasteiger charge is 2.06. The van der Waals surface area contributed by atoms with E-state index in [0.717, 1.165) is 30.9 Å². The molecule has 0 saturated carbocycles. The zero-order valence-corrected chi connectivity index (χ0v) is 16.9. The topological polar surface area (TPSA) is 56.7 Å². The van der Waals surface area contributed by atoms with Gasteiger partial charge in [-0.3, -0.25) is 9.79 Å². The van der Waals surface area contributed by atoms with Crippen LogP contribution in [0, 0.1) is 6.92 Å². The van der Waals surface area contributed by atoms with Crippen LogP contribution in [0.25, 0.3) is 0 Å². The first kappa shape index (κ1) is 21.7. The van der Waals surface area contributed by atoms with Gasteiger partial charge in [0.15, 0.2) is 5.96 Å². The van der Waals surface area contributed by atoms with E-state index in [1.54, 1.807) is 7.05 Å². The molecule has 2 N–H and O–H groups in total. The molecule has 0 saturated heterocycles. The predicted molar refractivity (Wildman–Crippen MR) is 108 cm³/mol. The molecule has 0 radical (unpaired) electrons. The molecule has 0 atom stereocenters. The molecule has 0 spiro atoms. The van der Waals surface area contributed by atoms with Gasteiger partial charge in [0.1, 0.15) is 0 Å². The summed E-state index contributed by atoms with van der Waals surface area (Å²) in [7, 11) is 3.80. The third-order valence-electron chi connectivity index (χ3n) is 3.39. The molecule has 0 heterocycles. The van der Waals surface area contributed by atoms with Crippen molar-refractivity contribution in [3.63, 3.8) is 0 Å². The van der Waals surface area contributed by atoms with Gasteiger partial charge in [0.25, 0.3) is 5.91 Å². The summed E-state index contributed by atoms with van der Waals surface area (Å²) in [4.78, 5) is 18.4. The molecule has 1 rings (SSSR count). The van der Waals surface area contributed by atoms with E-state index in [2.05, 4.69) is 27.4 Å². The molecule has 1 aromatic rings. The molecular weight excluding hydrogens is 403 g/mol. The van der Waals surface area contributed by atoms with Crippen LogP contribution in [0.5, 0.6) is 0 Å². The molecule has 6 heteroatoms. The molecule has 130 valence electrons. The predicted octanol–water partition coefficient (Wildman–Crippen LogP) is 2.65. The SMILES string of the molecule is CCCCN(C)C(=NC)NCCNC(=O)c1cccc(C)c1.I. The molecular formula is C17H29IN4O. The van der Waals surface area contributed by atoms with Crippen molar-refractivity contribution in [2.45, 2.75) is 26.7 Å². The number of carbonyl (C=O) groups excluding carboxylic acids is 1. The molecule has 0 aliphatic heterocycles. The molecule has 5 nitrogen and oxygen atoms in total. The molecule has 0 fully saturated rings. The van der Waals surface area contributed by atoms with Crippen molar-refractivity contribution in [3.8, 4) is 0 Å². The van der Waals surface area contributed by atoms with Crippen LogP contribution in [0.2, 0.25) is 0 Å². The second-order valence-electron chi connectivity index (χ2n) is 5.37. The first-order chi connectivity index (χ1) is 10.6. The van der Waals surface area contributed by atoms with Crippen molar-refractivity contribution >= 4 is 35.8 Å². The number of hydrogen-bond donors (Lipinski definition) is 2. The highest BCUT2D eigenvalue weighted by atomic mass is 127. The van der Waals surface area contributed by atoms with Crippen LogP contribution in [0.4, 0.5) is 0 Å². The van der Waals surface area contributed by atoms with Gasteiger partial charge in [-0.2, -0.15) is 0 Å². The van der Waals surface area contributed by atoms with Crippen molar-refractivity contribution in [1.29, 1.82) is 0 Å². The monoisotopic (exact) mass is 432 g/mol. The van der Waals surface area contributed by atoms with Gasteiger partial charge in [0, 0.05) is 39.3 Å². The number of rotatable bonds is 7. The first-order valence-electron chi connectivity index (χ1n) is 7.85. The number of unbranched alkanes of at least 4 members (excludes halogenated alkanes) is 1. The zero-order chi connectivity index (χ0) is 16.4. The normalized spacial score (nSPS) is 10.7. The van der Waals surface area contributed by atoms with Crippen LogP contribution < -0.4 is 10.6 Å². The lowest BCUT2D eigenvalue weighted by Gasteiger charge is -2.21. The van der Waals surface area contributed by atoms with E-state index in [9.17, 15) is 4.79 Å². The Morgan fingerprint density at radius 1 is 1.26 bits per heavy atom. The molecule has 0 aromatic heterocycles. The molecule has 0 unspecified atom stereocenters. The summed E-state index contributed by atoms with van der Waals surface area (Å²) in [6, 6.07) is 7.59. The molecule has 1 amide bonds. The summed E-state index contributed by atoms with van der Waals surface area (Å²) < 4.78 is 0. The minimum atomic E-state index is -0.0418. The number of nitrogens with zero attached hydrogens (tertiary/aromatic N) is 2. The summed E-state index contributed by atoms with van der Waals surface area (Å²) in [6.45, 7) is 6.35. The number of nitrogens with one attached hydrogen (secondary N) is 2. The lowest BCUT2D eigenvalue weighted by molar-refractivity contribution is 0.0954. The summed E-state index contributed by atoms with van der Waals surface area (Å²) in [5.74, 6) is 0.818.